The number of halogens is 3. The van der Waals surface area contributed by atoms with Gasteiger partial charge in [-0.15, -0.1) is 0 Å². The van der Waals surface area contributed by atoms with Crippen LogP contribution < -0.4 is 9.64 Å². The van der Waals surface area contributed by atoms with Crippen LogP contribution >= 0.6 is 0 Å². The van der Waals surface area contributed by atoms with Gasteiger partial charge in [-0.1, -0.05) is 0 Å². The molecule has 0 atom stereocenters. The van der Waals surface area contributed by atoms with Gasteiger partial charge in [-0.05, 0) is 12.8 Å². The van der Waals surface area contributed by atoms with Crippen molar-refractivity contribution in [3.05, 3.63) is 41.7 Å². The summed E-state index contributed by atoms with van der Waals surface area (Å²) in [5, 5.41) is 9.20. The van der Waals surface area contributed by atoms with E-state index in [4.69, 9.17) is 4.74 Å². The van der Waals surface area contributed by atoms with Crippen molar-refractivity contribution in [1.29, 1.82) is 5.26 Å². The predicted octanol–water partition coefficient (Wildman–Crippen LogP) is 2.94. The molecule has 0 aliphatic carbocycles. The summed E-state index contributed by atoms with van der Waals surface area (Å²) in [5.41, 5.74) is 0.999. The first-order chi connectivity index (χ1) is 15.5. The van der Waals surface area contributed by atoms with E-state index in [2.05, 4.69) is 15.0 Å². The number of carbonyl (C=O) groups excluding carboxylic acids is 1. The molecular weight excluding hydrogens is 425 g/mol. The van der Waals surface area contributed by atoms with E-state index in [0.29, 0.717) is 36.4 Å². The number of amides is 1. The lowest BCUT2D eigenvalue weighted by molar-refractivity contribution is -0.132. The topological polar surface area (TPSA) is 95.2 Å². The molecule has 0 saturated heterocycles. The third-order valence-electron chi connectivity index (χ3n) is 4.97. The minimum atomic E-state index is -2.41. The van der Waals surface area contributed by atoms with E-state index in [9.17, 15) is 23.2 Å². The number of nitrogens with zero attached hydrogens (tertiary/aromatic N) is 6. The fraction of sp³-hybridized carbons (Fsp3) is 0.476. The van der Waals surface area contributed by atoms with E-state index in [1.807, 2.05) is 6.07 Å². The second kappa shape index (κ2) is 11.3. The molecule has 2 aromatic heterocycles. The van der Waals surface area contributed by atoms with E-state index in [-0.39, 0.29) is 50.8 Å². The zero-order valence-electron chi connectivity index (χ0n) is 17.4. The number of hydrogen-bond acceptors (Lipinski definition) is 7. The molecule has 1 aliphatic rings. The number of anilines is 1. The molecule has 1 aliphatic heterocycles. The Bertz CT molecular complexity index is 952. The normalized spacial score (nSPS) is 13.2. The van der Waals surface area contributed by atoms with E-state index < -0.39 is 12.2 Å². The SMILES string of the molecule is N#Cc1cncc2c1OCCN(C(=O)CCCN(CCCC(F)F)c1ncc(F)cn1)C2. The van der Waals surface area contributed by atoms with Crippen molar-refractivity contribution in [2.45, 2.75) is 38.7 Å². The first kappa shape index (κ1) is 23.2. The van der Waals surface area contributed by atoms with Gasteiger partial charge in [0, 0.05) is 43.9 Å². The number of pyridine rings is 1. The van der Waals surface area contributed by atoms with E-state index in [1.165, 1.54) is 6.20 Å². The highest BCUT2D eigenvalue weighted by Crippen LogP contribution is 2.26. The van der Waals surface area contributed by atoms with Crippen LogP contribution in [0.2, 0.25) is 0 Å². The maximum atomic E-state index is 13.1. The summed E-state index contributed by atoms with van der Waals surface area (Å²) in [7, 11) is 0. The fourth-order valence-electron chi connectivity index (χ4n) is 3.41. The molecule has 3 heterocycles. The van der Waals surface area contributed by atoms with Gasteiger partial charge in [0.05, 0.1) is 25.5 Å². The van der Waals surface area contributed by atoms with Crippen molar-refractivity contribution in [2.24, 2.45) is 0 Å². The molecule has 1 amide bonds. The summed E-state index contributed by atoms with van der Waals surface area (Å²) in [5.74, 6) is 0.00215. The molecule has 32 heavy (non-hydrogen) atoms. The molecule has 0 radical (unpaired) electrons. The van der Waals surface area contributed by atoms with Crippen molar-refractivity contribution in [2.75, 3.05) is 31.1 Å². The lowest BCUT2D eigenvalue weighted by Crippen LogP contribution is -2.34. The van der Waals surface area contributed by atoms with Crippen molar-refractivity contribution in [1.82, 2.24) is 19.9 Å². The van der Waals surface area contributed by atoms with Crippen molar-refractivity contribution >= 4 is 11.9 Å². The molecule has 0 unspecified atom stereocenters. The lowest BCUT2D eigenvalue weighted by atomic mass is 10.1. The average Bonchev–Trinajstić information content (AvgIpc) is 3.01. The third kappa shape index (κ3) is 6.29. The maximum Gasteiger partial charge on any atom is 0.238 e. The molecule has 0 N–H and O–H groups in total. The van der Waals surface area contributed by atoms with Gasteiger partial charge >= 0.3 is 0 Å². The molecule has 0 aromatic carbocycles. The van der Waals surface area contributed by atoms with Crippen LogP contribution in [-0.4, -0.2) is 58.4 Å². The number of hydrogen-bond donors (Lipinski definition) is 0. The van der Waals surface area contributed by atoms with Gasteiger partial charge in [-0.2, -0.15) is 5.26 Å². The number of fused-ring (bicyclic) bond motifs is 1. The Morgan fingerprint density at radius 2 is 1.97 bits per heavy atom. The summed E-state index contributed by atoms with van der Waals surface area (Å²) < 4.78 is 43.8. The number of aromatic nitrogens is 3. The van der Waals surface area contributed by atoms with E-state index in [1.54, 1.807) is 16.0 Å². The van der Waals surface area contributed by atoms with E-state index >= 15 is 0 Å². The average molecular weight is 448 g/mol. The Labute approximate surface area is 183 Å². The first-order valence-corrected chi connectivity index (χ1v) is 10.3. The number of nitriles is 1. The minimum absolute atomic E-state index is 0.101. The Balaban J connectivity index is 1.58. The number of rotatable bonds is 9. The summed E-state index contributed by atoms with van der Waals surface area (Å²) >= 11 is 0. The molecule has 0 spiro atoms. The summed E-state index contributed by atoms with van der Waals surface area (Å²) in [6.45, 7) is 1.56. The van der Waals surface area contributed by atoms with Crippen LogP contribution in [0.15, 0.2) is 24.8 Å². The zero-order valence-corrected chi connectivity index (χ0v) is 17.4. The van der Waals surface area contributed by atoms with Gasteiger partial charge in [-0.3, -0.25) is 9.78 Å². The maximum absolute atomic E-state index is 13.1. The smallest absolute Gasteiger partial charge is 0.238 e. The van der Waals surface area contributed by atoms with Crippen molar-refractivity contribution < 1.29 is 22.7 Å². The van der Waals surface area contributed by atoms with Gasteiger partial charge in [-0.25, -0.2) is 23.1 Å². The molecule has 2 aromatic rings. The van der Waals surface area contributed by atoms with Crippen LogP contribution in [0, 0.1) is 17.1 Å². The Morgan fingerprint density at radius 3 is 2.69 bits per heavy atom. The highest BCUT2D eigenvalue weighted by molar-refractivity contribution is 5.76. The highest BCUT2D eigenvalue weighted by Gasteiger charge is 2.22. The van der Waals surface area contributed by atoms with Crippen LogP contribution in [0.25, 0.3) is 0 Å². The Morgan fingerprint density at radius 1 is 1.22 bits per heavy atom. The molecule has 11 heteroatoms. The minimum Gasteiger partial charge on any atom is -0.490 e. The van der Waals surface area contributed by atoms with Gasteiger partial charge < -0.3 is 14.5 Å². The quantitative estimate of drug-likeness (QED) is 0.582. The fourth-order valence-corrected chi connectivity index (χ4v) is 3.41. The monoisotopic (exact) mass is 448 g/mol. The summed E-state index contributed by atoms with van der Waals surface area (Å²) in [4.78, 5) is 28.0. The number of alkyl halides is 2. The Kier molecular flexibility index (Phi) is 8.19. The third-order valence-corrected chi connectivity index (χ3v) is 4.97. The molecule has 0 fully saturated rings. The van der Waals surface area contributed by atoms with Crippen LogP contribution in [0.4, 0.5) is 19.1 Å². The van der Waals surface area contributed by atoms with Crippen LogP contribution in [0.1, 0.15) is 36.8 Å². The molecule has 0 saturated carbocycles. The molecule has 0 bridgehead atoms. The molecule has 3 rings (SSSR count). The van der Waals surface area contributed by atoms with Crippen LogP contribution in [0.3, 0.4) is 0 Å². The summed E-state index contributed by atoms with van der Waals surface area (Å²) in [6, 6.07) is 2.04. The van der Waals surface area contributed by atoms with Crippen molar-refractivity contribution in [3.8, 4) is 11.8 Å². The van der Waals surface area contributed by atoms with Gasteiger partial charge in [0.2, 0.25) is 18.3 Å². The number of ether oxygens (including phenoxy) is 1. The largest absolute Gasteiger partial charge is 0.490 e. The van der Waals surface area contributed by atoms with Crippen LogP contribution in [0.5, 0.6) is 5.75 Å². The second-order valence-corrected chi connectivity index (χ2v) is 7.28. The first-order valence-electron chi connectivity index (χ1n) is 10.3. The predicted molar refractivity (Wildman–Crippen MR) is 109 cm³/mol. The van der Waals surface area contributed by atoms with Crippen LogP contribution in [-0.2, 0) is 11.3 Å². The van der Waals surface area contributed by atoms with E-state index in [0.717, 1.165) is 12.4 Å². The highest BCUT2D eigenvalue weighted by atomic mass is 19.3. The standard InChI is InChI=1S/C21H23F3N6O2/c22-17-12-27-21(28-13-17)29(5-1-3-18(23)24)6-2-4-19(31)30-7-8-32-20-15(9-25)10-26-11-16(20)14-30/h10-13,18H,1-8,14H2. The Hall–Kier alpha value is -3.42. The molecular formula is C21H23F3N6O2. The van der Waals surface area contributed by atoms with Gasteiger partial charge in [0.15, 0.2) is 5.82 Å². The second-order valence-electron chi connectivity index (χ2n) is 7.28. The van der Waals surface area contributed by atoms with Gasteiger partial charge in [0.1, 0.15) is 24.0 Å². The summed E-state index contributed by atoms with van der Waals surface area (Å²) in [6.07, 6.45) is 3.26. The lowest BCUT2D eigenvalue weighted by Gasteiger charge is -2.24. The number of carbonyl (C=O) groups is 1. The molecule has 170 valence electrons. The van der Waals surface area contributed by atoms with Crippen molar-refractivity contribution in [3.63, 3.8) is 0 Å². The zero-order chi connectivity index (χ0) is 22.9. The molecule has 8 nitrogen and oxygen atoms in total. The van der Waals surface area contributed by atoms with Gasteiger partial charge in [0.25, 0.3) is 0 Å².